The molecule has 0 spiro atoms. The molecule has 0 aromatic heterocycles. The van der Waals surface area contributed by atoms with Crippen molar-refractivity contribution in [1.82, 2.24) is 0 Å². The fraction of sp³-hybridized carbons (Fsp3) is 0. The van der Waals surface area contributed by atoms with Crippen molar-refractivity contribution in [3.63, 3.8) is 0 Å². The largest absolute Gasteiger partial charge is 0.329 e. The van der Waals surface area contributed by atoms with Gasteiger partial charge in [-0.05, 0) is 71.4 Å². The predicted molar refractivity (Wildman–Crippen MR) is 147 cm³/mol. The maximum Gasteiger partial charge on any atom is 0.329 e. The second-order valence-electron chi connectivity index (χ2n) is 8.29. The van der Waals surface area contributed by atoms with Crippen molar-refractivity contribution in [3.8, 4) is 0 Å². The number of rotatable bonds is 7. The van der Waals surface area contributed by atoms with E-state index in [0.29, 0.717) is 10.8 Å². The summed E-state index contributed by atoms with van der Waals surface area (Å²) in [7, 11) is -12.0. The Hall–Kier alpha value is -3.39. The Morgan fingerprint density at radius 1 is 0.514 bits per heavy atom. The van der Waals surface area contributed by atoms with Gasteiger partial charge in [-0.3, -0.25) is 4.55 Å². The van der Waals surface area contributed by atoms with Crippen LogP contribution in [0, 0.1) is 0 Å². The molecule has 0 saturated heterocycles. The molecule has 0 saturated carbocycles. The first-order chi connectivity index (χ1) is 17.7. The zero-order chi connectivity index (χ0) is 26.1. The van der Waals surface area contributed by atoms with Gasteiger partial charge in [0.1, 0.15) is 15.9 Å². The van der Waals surface area contributed by atoms with E-state index in [0.717, 1.165) is 15.9 Å². The highest BCUT2D eigenvalue weighted by Crippen LogP contribution is 2.58. The third-order valence-electron chi connectivity index (χ3n) is 5.94. The Morgan fingerprint density at radius 2 is 0.919 bits per heavy atom. The molecule has 0 unspecified atom stereocenters. The third-order valence-corrected chi connectivity index (χ3v) is 12.4. The van der Waals surface area contributed by atoms with Gasteiger partial charge in [-0.25, -0.2) is 0 Å². The van der Waals surface area contributed by atoms with Crippen molar-refractivity contribution in [1.29, 1.82) is 0 Å². The molecule has 0 aliphatic carbocycles. The Morgan fingerprint density at radius 3 is 1.35 bits per heavy atom. The lowest BCUT2D eigenvalue weighted by Crippen LogP contribution is -2.34. The van der Waals surface area contributed by atoms with Crippen LogP contribution >= 0.6 is 7.49 Å². The fourth-order valence-corrected chi connectivity index (χ4v) is 10.4. The molecule has 0 amide bonds. The minimum Gasteiger partial charge on any atom is -0.282 e. The van der Waals surface area contributed by atoms with Gasteiger partial charge in [-0.2, -0.15) is 16.8 Å². The van der Waals surface area contributed by atoms with Crippen LogP contribution in [0.4, 0.5) is 0 Å². The average Bonchev–Trinajstić information content (AvgIpc) is 2.92. The van der Waals surface area contributed by atoms with Crippen LogP contribution in [0.15, 0.2) is 137 Å². The fourth-order valence-electron chi connectivity index (χ4n) is 4.20. The second-order valence-corrected chi connectivity index (χ2v) is 14.5. The molecule has 5 aromatic rings. The topological polar surface area (TPSA) is 97.7 Å². The molecule has 5 aromatic carbocycles. The maximum atomic E-state index is 13.9. The molecular weight excluding hydrogens is 527 g/mol. The first kappa shape index (κ1) is 25.3. The van der Waals surface area contributed by atoms with E-state index in [1.54, 1.807) is 6.07 Å². The summed E-state index contributed by atoms with van der Waals surface area (Å²) >= 11 is 0. The van der Waals surface area contributed by atoms with Crippen molar-refractivity contribution in [2.24, 2.45) is 0 Å². The van der Waals surface area contributed by atoms with Crippen LogP contribution in [0.1, 0.15) is 0 Å². The smallest absolute Gasteiger partial charge is 0.282 e. The van der Waals surface area contributed by atoms with E-state index in [2.05, 4.69) is 0 Å². The van der Waals surface area contributed by atoms with Crippen molar-refractivity contribution >= 4 is 54.4 Å². The van der Waals surface area contributed by atoms with Gasteiger partial charge in [0.25, 0.3) is 17.6 Å². The minimum atomic E-state index is -4.45. The van der Waals surface area contributed by atoms with E-state index in [4.69, 9.17) is 3.97 Å². The SMILES string of the molecule is O=S(=O)(O)c1ccc2ccc(S(=O)(=O)O[P+](c3ccccc3)(c3ccccc3)c3ccccc3)cc2c1. The summed E-state index contributed by atoms with van der Waals surface area (Å²) in [4.78, 5) is -0.449. The van der Waals surface area contributed by atoms with Gasteiger partial charge in [-0.1, -0.05) is 70.7 Å². The van der Waals surface area contributed by atoms with E-state index in [1.807, 2.05) is 91.0 Å². The van der Waals surface area contributed by atoms with E-state index < -0.39 is 27.7 Å². The summed E-state index contributed by atoms with van der Waals surface area (Å²) in [6, 6.07) is 36.2. The van der Waals surface area contributed by atoms with Gasteiger partial charge < -0.3 is 0 Å². The summed E-state index contributed by atoms with van der Waals surface area (Å²) in [5.74, 6) is 0. The van der Waals surface area contributed by atoms with Crippen molar-refractivity contribution in [2.45, 2.75) is 9.79 Å². The molecule has 0 fully saturated rings. The van der Waals surface area contributed by atoms with Crippen LogP contribution < -0.4 is 15.9 Å². The summed E-state index contributed by atoms with van der Waals surface area (Å²) in [6.45, 7) is 0. The standard InChI is InChI=1S/C28H21O6PS2/c29-36(30,31)27-18-16-22-17-19-28(21-23(22)20-27)37(32,33)34-35(24-10-4-1-5-11-24,25-12-6-2-7-13-25)26-14-8-3-9-15-26/h1-21H/p+1. The Kier molecular flexibility index (Phi) is 6.70. The lowest BCUT2D eigenvalue weighted by atomic mass is 10.1. The Bertz CT molecular complexity index is 1680. The van der Waals surface area contributed by atoms with Gasteiger partial charge in [0, 0.05) is 0 Å². The van der Waals surface area contributed by atoms with Crippen LogP contribution in [-0.2, 0) is 24.2 Å². The zero-order valence-electron chi connectivity index (χ0n) is 19.4. The van der Waals surface area contributed by atoms with Crippen LogP contribution in [-0.4, -0.2) is 21.4 Å². The molecule has 6 nitrogen and oxygen atoms in total. The normalized spacial score (nSPS) is 12.5. The van der Waals surface area contributed by atoms with Gasteiger partial charge in [0.2, 0.25) is 0 Å². The molecule has 0 aliphatic rings. The Balaban J connectivity index is 1.73. The molecule has 0 heterocycles. The summed E-state index contributed by atoms with van der Waals surface area (Å²) in [5, 5.41) is 3.13. The van der Waals surface area contributed by atoms with E-state index in [9.17, 15) is 21.4 Å². The number of hydrogen-bond acceptors (Lipinski definition) is 5. The maximum absolute atomic E-state index is 13.9. The van der Waals surface area contributed by atoms with Crippen LogP contribution in [0.3, 0.4) is 0 Å². The summed E-state index contributed by atoms with van der Waals surface area (Å²) < 4.78 is 66.9. The van der Waals surface area contributed by atoms with Crippen molar-refractivity contribution < 1.29 is 25.4 Å². The molecule has 0 atom stereocenters. The van der Waals surface area contributed by atoms with Crippen LogP contribution in [0.5, 0.6) is 0 Å². The van der Waals surface area contributed by atoms with Crippen LogP contribution in [0.2, 0.25) is 0 Å². The molecule has 186 valence electrons. The van der Waals surface area contributed by atoms with Gasteiger partial charge >= 0.3 is 10.1 Å². The summed E-state index contributed by atoms with van der Waals surface area (Å²) in [5.41, 5.74) is 0. The predicted octanol–water partition coefficient (Wildman–Crippen LogP) is 4.70. The third kappa shape index (κ3) is 4.94. The second kappa shape index (κ2) is 9.82. The van der Waals surface area contributed by atoms with Gasteiger partial charge in [0.05, 0.1) is 9.79 Å². The van der Waals surface area contributed by atoms with E-state index in [1.165, 1.54) is 30.3 Å². The van der Waals surface area contributed by atoms with Gasteiger partial charge in [-0.15, -0.1) is 0 Å². The molecule has 0 bridgehead atoms. The van der Waals surface area contributed by atoms with Gasteiger partial charge in [0.15, 0.2) is 0 Å². The molecule has 9 heteroatoms. The van der Waals surface area contributed by atoms with Crippen molar-refractivity contribution in [3.05, 3.63) is 127 Å². The highest BCUT2D eigenvalue weighted by molar-refractivity contribution is 8.01. The number of benzene rings is 5. The molecule has 5 rings (SSSR count). The van der Waals surface area contributed by atoms with Crippen molar-refractivity contribution in [2.75, 3.05) is 0 Å². The van der Waals surface area contributed by atoms with Crippen LogP contribution in [0.25, 0.3) is 10.8 Å². The summed E-state index contributed by atoms with van der Waals surface area (Å²) in [6.07, 6.45) is 0. The lowest BCUT2D eigenvalue weighted by Gasteiger charge is -2.24. The first-order valence-electron chi connectivity index (χ1n) is 11.2. The lowest BCUT2D eigenvalue weighted by molar-refractivity contribution is 0.483. The molecule has 0 aliphatic heterocycles. The number of fused-ring (bicyclic) bond motifs is 1. The first-order valence-corrected chi connectivity index (χ1v) is 15.8. The quantitative estimate of drug-likeness (QED) is 0.234. The Labute approximate surface area is 216 Å². The molecule has 0 radical (unpaired) electrons. The average molecular weight is 550 g/mol. The highest BCUT2D eigenvalue weighted by Gasteiger charge is 2.52. The molecule has 37 heavy (non-hydrogen) atoms. The monoisotopic (exact) mass is 549 g/mol. The molecular formula is C28H22O6PS2+. The van der Waals surface area contributed by atoms with E-state index in [-0.39, 0.29) is 9.79 Å². The number of hydrogen-bond donors (Lipinski definition) is 1. The highest BCUT2D eigenvalue weighted by atomic mass is 32.2. The minimum absolute atomic E-state index is 0.125. The zero-order valence-corrected chi connectivity index (χ0v) is 21.9. The molecule has 1 N–H and O–H groups in total. The van der Waals surface area contributed by atoms with E-state index >= 15 is 0 Å².